The standard InChI is InChI=1S/C9H9BrN2OS/c1-6-5-7(14-8(6)10)9(13)12-4-2-3-11/h5H,2,4H2,1H3,(H,12,13). The molecule has 5 heteroatoms. The van der Waals surface area contributed by atoms with Gasteiger partial charge in [-0.05, 0) is 34.5 Å². The van der Waals surface area contributed by atoms with Gasteiger partial charge in [-0.3, -0.25) is 4.79 Å². The minimum absolute atomic E-state index is 0.112. The summed E-state index contributed by atoms with van der Waals surface area (Å²) in [4.78, 5) is 12.1. The Morgan fingerprint density at radius 1 is 1.79 bits per heavy atom. The van der Waals surface area contributed by atoms with Crippen molar-refractivity contribution in [2.45, 2.75) is 13.3 Å². The molecule has 1 rings (SSSR count). The Hall–Kier alpha value is -0.860. The van der Waals surface area contributed by atoms with Gasteiger partial charge in [0.2, 0.25) is 0 Å². The minimum atomic E-state index is -0.112. The van der Waals surface area contributed by atoms with Crippen molar-refractivity contribution in [3.05, 3.63) is 20.3 Å². The van der Waals surface area contributed by atoms with E-state index < -0.39 is 0 Å². The van der Waals surface area contributed by atoms with Crippen LogP contribution < -0.4 is 5.32 Å². The number of nitrogens with zero attached hydrogens (tertiary/aromatic N) is 1. The van der Waals surface area contributed by atoms with Crippen LogP contribution >= 0.6 is 27.3 Å². The summed E-state index contributed by atoms with van der Waals surface area (Å²) >= 11 is 4.75. The second-order valence-corrected chi connectivity index (χ2v) is 5.10. The number of nitriles is 1. The second-order valence-electron chi connectivity index (χ2n) is 2.73. The molecule has 74 valence electrons. The number of carbonyl (C=O) groups excluding carboxylic acids is 1. The zero-order valence-corrected chi connectivity index (χ0v) is 10.0. The number of hydrogen-bond donors (Lipinski definition) is 1. The molecule has 0 aliphatic carbocycles. The topological polar surface area (TPSA) is 52.9 Å². The predicted molar refractivity (Wildman–Crippen MR) is 59.3 cm³/mol. The molecule has 0 fully saturated rings. The van der Waals surface area contributed by atoms with Crippen LogP contribution in [0.5, 0.6) is 0 Å². The van der Waals surface area contributed by atoms with E-state index in [0.717, 1.165) is 9.35 Å². The van der Waals surface area contributed by atoms with E-state index in [0.29, 0.717) is 17.8 Å². The van der Waals surface area contributed by atoms with E-state index in [-0.39, 0.29) is 5.91 Å². The molecule has 1 heterocycles. The lowest BCUT2D eigenvalue weighted by Crippen LogP contribution is -2.23. The molecular weight excluding hydrogens is 264 g/mol. The first-order valence-electron chi connectivity index (χ1n) is 4.06. The number of halogens is 1. The highest BCUT2D eigenvalue weighted by atomic mass is 79.9. The third kappa shape index (κ3) is 2.82. The van der Waals surface area contributed by atoms with Crippen molar-refractivity contribution in [2.24, 2.45) is 0 Å². The summed E-state index contributed by atoms with van der Waals surface area (Å²) in [6, 6.07) is 3.80. The van der Waals surface area contributed by atoms with Gasteiger partial charge >= 0.3 is 0 Å². The highest BCUT2D eigenvalue weighted by molar-refractivity contribution is 9.11. The maximum atomic E-state index is 11.5. The van der Waals surface area contributed by atoms with Gasteiger partial charge in [-0.1, -0.05) is 0 Å². The largest absolute Gasteiger partial charge is 0.350 e. The summed E-state index contributed by atoms with van der Waals surface area (Å²) in [5.41, 5.74) is 1.06. The zero-order valence-electron chi connectivity index (χ0n) is 7.63. The van der Waals surface area contributed by atoms with E-state index in [2.05, 4.69) is 21.2 Å². The molecular formula is C9H9BrN2OS. The van der Waals surface area contributed by atoms with Crippen molar-refractivity contribution in [3.8, 4) is 6.07 Å². The molecule has 0 atom stereocenters. The normalized spacial score (nSPS) is 9.50. The van der Waals surface area contributed by atoms with Crippen LogP contribution in [0.1, 0.15) is 21.7 Å². The molecule has 1 aromatic heterocycles. The molecule has 0 aliphatic heterocycles. The summed E-state index contributed by atoms with van der Waals surface area (Å²) in [5, 5.41) is 11.0. The Balaban J connectivity index is 2.57. The molecule has 14 heavy (non-hydrogen) atoms. The molecule has 0 saturated carbocycles. The lowest BCUT2D eigenvalue weighted by Gasteiger charge is -1.98. The van der Waals surface area contributed by atoms with Gasteiger partial charge in [0.25, 0.3) is 5.91 Å². The van der Waals surface area contributed by atoms with E-state index in [4.69, 9.17) is 5.26 Å². The van der Waals surface area contributed by atoms with Crippen LogP contribution in [-0.2, 0) is 0 Å². The first kappa shape index (κ1) is 11.2. The summed E-state index contributed by atoms with van der Waals surface area (Å²) < 4.78 is 0.975. The number of nitrogens with one attached hydrogen (secondary N) is 1. The molecule has 0 radical (unpaired) electrons. The van der Waals surface area contributed by atoms with Gasteiger partial charge in [-0.25, -0.2) is 0 Å². The smallest absolute Gasteiger partial charge is 0.261 e. The molecule has 0 unspecified atom stereocenters. The maximum Gasteiger partial charge on any atom is 0.261 e. The van der Waals surface area contributed by atoms with E-state index in [9.17, 15) is 4.79 Å². The van der Waals surface area contributed by atoms with Crippen molar-refractivity contribution in [1.82, 2.24) is 5.32 Å². The Kier molecular flexibility index (Phi) is 4.11. The van der Waals surface area contributed by atoms with E-state index in [1.54, 1.807) is 0 Å². The molecule has 3 nitrogen and oxygen atoms in total. The van der Waals surface area contributed by atoms with Gasteiger partial charge < -0.3 is 5.32 Å². The molecule has 0 saturated heterocycles. The molecule has 0 spiro atoms. The number of amides is 1. The summed E-state index contributed by atoms with van der Waals surface area (Å²) in [5.74, 6) is -0.112. The van der Waals surface area contributed by atoms with Crippen molar-refractivity contribution >= 4 is 33.2 Å². The second kappa shape index (κ2) is 5.13. The number of thiophene rings is 1. The fraction of sp³-hybridized carbons (Fsp3) is 0.333. The first-order valence-corrected chi connectivity index (χ1v) is 5.67. The van der Waals surface area contributed by atoms with E-state index in [1.807, 2.05) is 19.1 Å². The Morgan fingerprint density at radius 2 is 2.50 bits per heavy atom. The predicted octanol–water partition coefficient (Wildman–Crippen LogP) is 2.46. The Labute approximate surface area is 94.9 Å². The third-order valence-corrected chi connectivity index (χ3v) is 3.74. The Bertz CT molecular complexity index is 361. The molecule has 0 aromatic carbocycles. The van der Waals surface area contributed by atoms with Crippen LogP contribution in [0.15, 0.2) is 9.85 Å². The van der Waals surface area contributed by atoms with Gasteiger partial charge in [-0.2, -0.15) is 5.26 Å². The van der Waals surface area contributed by atoms with Crippen LogP contribution in [0, 0.1) is 18.3 Å². The van der Waals surface area contributed by atoms with Gasteiger partial charge in [0.15, 0.2) is 0 Å². The molecule has 1 amide bonds. The van der Waals surface area contributed by atoms with Crippen LogP contribution in [0.2, 0.25) is 0 Å². The van der Waals surface area contributed by atoms with Crippen LogP contribution in [-0.4, -0.2) is 12.5 Å². The van der Waals surface area contributed by atoms with Crippen molar-refractivity contribution in [1.29, 1.82) is 5.26 Å². The fourth-order valence-electron chi connectivity index (χ4n) is 0.891. The summed E-state index contributed by atoms with van der Waals surface area (Å²) in [7, 11) is 0. The molecule has 1 aromatic rings. The number of hydrogen-bond acceptors (Lipinski definition) is 3. The Morgan fingerprint density at radius 3 is 3.00 bits per heavy atom. The fourth-order valence-corrected chi connectivity index (χ4v) is 2.34. The highest BCUT2D eigenvalue weighted by Crippen LogP contribution is 2.27. The molecule has 1 N–H and O–H groups in total. The van der Waals surface area contributed by atoms with Gasteiger partial charge in [-0.15, -0.1) is 11.3 Å². The highest BCUT2D eigenvalue weighted by Gasteiger charge is 2.09. The summed E-state index contributed by atoms with van der Waals surface area (Å²) in [6.07, 6.45) is 0.345. The van der Waals surface area contributed by atoms with Crippen molar-refractivity contribution in [2.75, 3.05) is 6.54 Å². The minimum Gasteiger partial charge on any atom is -0.350 e. The number of rotatable bonds is 3. The number of carbonyl (C=O) groups is 1. The lowest BCUT2D eigenvalue weighted by atomic mass is 10.3. The SMILES string of the molecule is Cc1cc(C(=O)NCCC#N)sc1Br. The average molecular weight is 273 g/mol. The maximum absolute atomic E-state index is 11.5. The van der Waals surface area contributed by atoms with E-state index in [1.165, 1.54) is 11.3 Å². The van der Waals surface area contributed by atoms with Crippen LogP contribution in [0.4, 0.5) is 0 Å². The first-order chi connectivity index (χ1) is 6.65. The van der Waals surface area contributed by atoms with Crippen LogP contribution in [0.3, 0.4) is 0 Å². The van der Waals surface area contributed by atoms with Gasteiger partial charge in [0, 0.05) is 6.54 Å². The van der Waals surface area contributed by atoms with Crippen LogP contribution in [0.25, 0.3) is 0 Å². The average Bonchev–Trinajstić information content (AvgIpc) is 2.47. The number of aryl methyl sites for hydroxylation is 1. The van der Waals surface area contributed by atoms with E-state index >= 15 is 0 Å². The van der Waals surface area contributed by atoms with Crippen molar-refractivity contribution < 1.29 is 4.79 Å². The monoisotopic (exact) mass is 272 g/mol. The van der Waals surface area contributed by atoms with Gasteiger partial charge in [0.05, 0.1) is 21.2 Å². The summed E-state index contributed by atoms with van der Waals surface area (Å²) in [6.45, 7) is 2.34. The van der Waals surface area contributed by atoms with Gasteiger partial charge in [0.1, 0.15) is 0 Å². The van der Waals surface area contributed by atoms with Crippen molar-refractivity contribution in [3.63, 3.8) is 0 Å². The zero-order chi connectivity index (χ0) is 10.6. The molecule has 0 aliphatic rings. The quantitative estimate of drug-likeness (QED) is 0.860. The molecule has 0 bridgehead atoms. The third-order valence-electron chi connectivity index (χ3n) is 1.60. The lowest BCUT2D eigenvalue weighted by molar-refractivity contribution is 0.0958.